The first-order valence-electron chi connectivity index (χ1n) is 11.1. The lowest BCUT2D eigenvalue weighted by molar-refractivity contribution is -0.161. The number of methoxy groups -OCH3 is 1. The van der Waals surface area contributed by atoms with Crippen molar-refractivity contribution in [2.45, 2.75) is 52.6 Å². The van der Waals surface area contributed by atoms with Crippen LogP contribution >= 0.6 is 0 Å². The molecule has 0 aromatic heterocycles. The molecule has 0 heterocycles. The lowest BCUT2D eigenvalue weighted by Crippen LogP contribution is -2.30. The van der Waals surface area contributed by atoms with Gasteiger partial charge in [0.25, 0.3) is 0 Å². The van der Waals surface area contributed by atoms with Gasteiger partial charge in [-0.3, -0.25) is 9.59 Å². The van der Waals surface area contributed by atoms with E-state index in [0.29, 0.717) is 25.0 Å². The van der Waals surface area contributed by atoms with E-state index in [9.17, 15) is 19.2 Å². The molecule has 10 heteroatoms. The molecule has 2 unspecified atom stereocenters. The number of rotatable bonds is 19. The van der Waals surface area contributed by atoms with E-state index >= 15 is 0 Å². The average Bonchev–Trinajstić information content (AvgIpc) is 2.79. The van der Waals surface area contributed by atoms with Gasteiger partial charge in [-0.2, -0.15) is 0 Å². The van der Waals surface area contributed by atoms with E-state index in [0.717, 1.165) is 0 Å². The molecule has 10 nitrogen and oxygen atoms in total. The Morgan fingerprint density at radius 3 is 1.76 bits per heavy atom. The van der Waals surface area contributed by atoms with Gasteiger partial charge in [0, 0.05) is 29.9 Å². The lowest BCUT2D eigenvalue weighted by atomic mass is 10.2. The van der Waals surface area contributed by atoms with Crippen molar-refractivity contribution in [3.8, 4) is 0 Å². The molecule has 0 saturated heterocycles. The topological polar surface area (TPSA) is 124 Å². The fourth-order valence-electron chi connectivity index (χ4n) is 2.30. The summed E-state index contributed by atoms with van der Waals surface area (Å²) in [6, 6.07) is 0. The summed E-state index contributed by atoms with van der Waals surface area (Å²) in [7, 11) is 1.31. The molecule has 0 N–H and O–H groups in total. The molecule has 2 atom stereocenters. The minimum atomic E-state index is -0.795. The van der Waals surface area contributed by atoms with E-state index in [-0.39, 0.29) is 63.3 Å². The van der Waals surface area contributed by atoms with Crippen LogP contribution < -0.4 is 0 Å². The molecular formula is C24H38O10. The number of hydrogen-bond donors (Lipinski definition) is 0. The summed E-state index contributed by atoms with van der Waals surface area (Å²) in [4.78, 5) is 46.2. The van der Waals surface area contributed by atoms with Gasteiger partial charge in [0.1, 0.15) is 6.61 Å². The van der Waals surface area contributed by atoms with Crippen LogP contribution in [0.3, 0.4) is 0 Å². The highest BCUT2D eigenvalue weighted by atomic mass is 16.6. The zero-order valence-electron chi connectivity index (χ0n) is 20.7. The number of hydrogen-bond acceptors (Lipinski definition) is 10. The summed E-state index contributed by atoms with van der Waals surface area (Å²) in [6.07, 6.45) is 0.494. The molecule has 0 rings (SSSR count). The molecule has 0 aliphatic heterocycles. The number of unbranched alkanes of at least 4 members (excludes halogenated alkanes) is 1. The first-order chi connectivity index (χ1) is 16.1. The third-order valence-corrected chi connectivity index (χ3v) is 4.21. The molecule has 0 saturated carbocycles. The second kappa shape index (κ2) is 18.7. The molecular weight excluding hydrogens is 448 g/mol. The SMILES string of the molecule is C=C(C)C(=O)OCC(C)COCCOCC(COC(=O)C(=C)C)OC(=O)CCCCC(=O)OC. The Morgan fingerprint density at radius 1 is 0.735 bits per heavy atom. The van der Waals surface area contributed by atoms with Crippen molar-refractivity contribution in [3.63, 3.8) is 0 Å². The summed E-state index contributed by atoms with van der Waals surface area (Å²) in [5.41, 5.74) is 0.567. The first kappa shape index (κ1) is 31.3. The normalized spacial score (nSPS) is 12.2. The van der Waals surface area contributed by atoms with Crippen molar-refractivity contribution < 1.29 is 47.6 Å². The Morgan fingerprint density at radius 2 is 1.24 bits per heavy atom. The number of carbonyl (C=O) groups is 4. The molecule has 34 heavy (non-hydrogen) atoms. The molecule has 0 bridgehead atoms. The minimum Gasteiger partial charge on any atom is -0.469 e. The molecule has 0 aliphatic rings. The summed E-state index contributed by atoms with van der Waals surface area (Å²) in [5, 5.41) is 0. The van der Waals surface area contributed by atoms with Crippen LogP contribution in [0.25, 0.3) is 0 Å². The van der Waals surface area contributed by atoms with Gasteiger partial charge >= 0.3 is 23.9 Å². The van der Waals surface area contributed by atoms with Gasteiger partial charge in [-0.1, -0.05) is 20.1 Å². The lowest BCUT2D eigenvalue weighted by Gasteiger charge is -2.18. The van der Waals surface area contributed by atoms with Crippen molar-refractivity contribution in [2.24, 2.45) is 5.92 Å². The summed E-state index contributed by atoms with van der Waals surface area (Å²) < 4.78 is 31.0. The molecule has 0 radical (unpaired) electrons. The maximum absolute atomic E-state index is 12.1. The maximum Gasteiger partial charge on any atom is 0.333 e. The number of ether oxygens (including phenoxy) is 6. The van der Waals surface area contributed by atoms with Crippen LogP contribution in [0.15, 0.2) is 24.3 Å². The Hall–Kier alpha value is -2.72. The highest BCUT2D eigenvalue weighted by Crippen LogP contribution is 2.06. The second-order valence-electron chi connectivity index (χ2n) is 7.91. The number of esters is 4. The molecule has 0 spiro atoms. The molecule has 0 aromatic carbocycles. The number of carbonyl (C=O) groups excluding carboxylic acids is 4. The third kappa shape index (κ3) is 16.8. The smallest absolute Gasteiger partial charge is 0.333 e. The van der Waals surface area contributed by atoms with Crippen LogP contribution in [0, 0.1) is 5.92 Å². The Balaban J connectivity index is 4.29. The highest BCUT2D eigenvalue weighted by molar-refractivity contribution is 5.87. The zero-order chi connectivity index (χ0) is 25.9. The quantitative estimate of drug-likeness (QED) is 0.116. The molecule has 0 fully saturated rings. The van der Waals surface area contributed by atoms with Crippen LogP contribution in [0.4, 0.5) is 0 Å². The van der Waals surface area contributed by atoms with Crippen LogP contribution in [-0.4, -0.2) is 76.7 Å². The van der Waals surface area contributed by atoms with Crippen LogP contribution in [-0.2, 0) is 47.6 Å². The van der Waals surface area contributed by atoms with Crippen molar-refractivity contribution in [1.29, 1.82) is 0 Å². The van der Waals surface area contributed by atoms with Gasteiger partial charge < -0.3 is 28.4 Å². The minimum absolute atomic E-state index is 0.00209. The van der Waals surface area contributed by atoms with Gasteiger partial charge in [0.05, 0.1) is 40.1 Å². The third-order valence-electron chi connectivity index (χ3n) is 4.21. The van der Waals surface area contributed by atoms with E-state index in [2.05, 4.69) is 17.9 Å². The van der Waals surface area contributed by atoms with Gasteiger partial charge in [0.2, 0.25) is 0 Å². The Labute approximate surface area is 201 Å². The Bertz CT molecular complexity index is 685. The second-order valence-corrected chi connectivity index (χ2v) is 7.91. The van der Waals surface area contributed by atoms with Crippen molar-refractivity contribution in [1.82, 2.24) is 0 Å². The van der Waals surface area contributed by atoms with Crippen molar-refractivity contribution >= 4 is 23.9 Å². The van der Waals surface area contributed by atoms with Gasteiger partial charge in [-0.05, 0) is 26.7 Å². The van der Waals surface area contributed by atoms with E-state index in [1.165, 1.54) is 14.0 Å². The van der Waals surface area contributed by atoms with Crippen molar-refractivity contribution in [3.05, 3.63) is 24.3 Å². The fourth-order valence-corrected chi connectivity index (χ4v) is 2.30. The Kier molecular flexibility index (Phi) is 17.2. The van der Waals surface area contributed by atoms with Gasteiger partial charge in [-0.25, -0.2) is 9.59 Å². The van der Waals surface area contributed by atoms with E-state index in [4.69, 9.17) is 23.7 Å². The van der Waals surface area contributed by atoms with E-state index in [1.54, 1.807) is 6.92 Å². The monoisotopic (exact) mass is 486 g/mol. The predicted octanol–water partition coefficient (Wildman–Crippen LogP) is 2.54. The first-order valence-corrected chi connectivity index (χ1v) is 11.1. The summed E-state index contributed by atoms with van der Waals surface area (Å²) >= 11 is 0. The fraction of sp³-hybridized carbons (Fsp3) is 0.667. The molecule has 0 aliphatic carbocycles. The molecule has 0 amide bonds. The summed E-state index contributed by atoms with van der Waals surface area (Å²) in [6.45, 7) is 12.9. The predicted molar refractivity (Wildman–Crippen MR) is 123 cm³/mol. The van der Waals surface area contributed by atoms with Crippen molar-refractivity contribution in [2.75, 3.05) is 46.8 Å². The van der Waals surface area contributed by atoms with Crippen LogP contribution in [0.5, 0.6) is 0 Å². The average molecular weight is 487 g/mol. The van der Waals surface area contributed by atoms with E-state index < -0.39 is 24.0 Å². The van der Waals surface area contributed by atoms with Gasteiger partial charge in [-0.15, -0.1) is 0 Å². The van der Waals surface area contributed by atoms with Crippen LogP contribution in [0.1, 0.15) is 46.5 Å². The van der Waals surface area contributed by atoms with Gasteiger partial charge in [0.15, 0.2) is 6.10 Å². The standard InChI is InChI=1S/C24H38O10/c1-17(2)23(27)32-14-19(5)13-30-11-12-31-15-20(16-33-24(28)18(3)4)34-22(26)10-8-7-9-21(25)29-6/h19-20H,1,3,7-16H2,2,4-6H3. The highest BCUT2D eigenvalue weighted by Gasteiger charge is 2.18. The summed E-state index contributed by atoms with van der Waals surface area (Å²) in [5.74, 6) is -1.86. The molecule has 0 aromatic rings. The molecule has 194 valence electrons. The zero-order valence-corrected chi connectivity index (χ0v) is 20.7. The maximum atomic E-state index is 12.1. The largest absolute Gasteiger partial charge is 0.469 e. The van der Waals surface area contributed by atoms with E-state index in [1.807, 2.05) is 6.92 Å². The van der Waals surface area contributed by atoms with Crippen LogP contribution in [0.2, 0.25) is 0 Å².